The number of hydrogen-bond acceptors (Lipinski definition) is 5. The third kappa shape index (κ3) is 7.78. The summed E-state index contributed by atoms with van der Waals surface area (Å²) in [6.07, 6.45) is 0.671. The highest BCUT2D eigenvalue weighted by Crippen LogP contribution is 2.15. The molecular formula is C27H29NO4. The van der Waals surface area contributed by atoms with Crippen molar-refractivity contribution in [1.29, 1.82) is 0 Å². The van der Waals surface area contributed by atoms with Crippen molar-refractivity contribution in [1.82, 2.24) is 0 Å². The molecule has 3 aromatic rings. The number of rotatable bonds is 13. The minimum absolute atomic E-state index is 0.320. The molecule has 32 heavy (non-hydrogen) atoms. The van der Waals surface area contributed by atoms with Gasteiger partial charge in [-0.25, -0.2) is 0 Å². The largest absolute Gasteiger partial charge is 0.391 e. The van der Waals surface area contributed by atoms with Crippen LogP contribution in [-0.2, 0) is 34.1 Å². The van der Waals surface area contributed by atoms with E-state index >= 15 is 0 Å². The Kier molecular flexibility index (Phi) is 9.68. The van der Waals surface area contributed by atoms with Crippen LogP contribution in [0.1, 0.15) is 16.7 Å². The Morgan fingerprint density at radius 3 is 1.69 bits per heavy atom. The molecule has 0 fully saturated rings. The summed E-state index contributed by atoms with van der Waals surface area (Å²) in [5.41, 5.74) is 3.01. The van der Waals surface area contributed by atoms with Crippen LogP contribution in [0, 0.1) is 0 Å². The predicted octanol–water partition coefficient (Wildman–Crippen LogP) is 4.91. The van der Waals surface area contributed by atoms with Crippen molar-refractivity contribution in [2.75, 3.05) is 0 Å². The van der Waals surface area contributed by atoms with Gasteiger partial charge in [-0.15, -0.1) is 6.58 Å². The number of benzene rings is 3. The average molecular weight is 432 g/mol. The number of aliphatic hydroxyl groups excluding tert-OH is 1. The molecule has 0 spiro atoms. The lowest BCUT2D eigenvalue weighted by atomic mass is 10.1. The highest BCUT2D eigenvalue weighted by molar-refractivity contribution is 5.63. The molecule has 5 nitrogen and oxygen atoms in total. The lowest BCUT2D eigenvalue weighted by Gasteiger charge is -2.27. The summed E-state index contributed by atoms with van der Waals surface area (Å²) < 4.78 is 12.1. The summed E-state index contributed by atoms with van der Waals surface area (Å²) in [5.74, 6) is 0. The molecule has 0 heterocycles. The zero-order valence-electron chi connectivity index (χ0n) is 18.0. The Labute approximate surface area is 189 Å². The summed E-state index contributed by atoms with van der Waals surface area (Å²) >= 11 is 0. The zero-order valence-corrected chi connectivity index (χ0v) is 18.0. The molecule has 0 saturated heterocycles. The number of oxime groups is 1. The van der Waals surface area contributed by atoms with Crippen LogP contribution in [0.25, 0.3) is 0 Å². The molecule has 0 unspecified atom stereocenters. The monoisotopic (exact) mass is 431 g/mol. The van der Waals surface area contributed by atoms with Gasteiger partial charge in [0.15, 0.2) is 0 Å². The molecule has 3 rings (SSSR count). The lowest BCUT2D eigenvalue weighted by Crippen LogP contribution is -2.41. The first-order valence-corrected chi connectivity index (χ1v) is 10.6. The maximum absolute atomic E-state index is 10.6. The van der Waals surface area contributed by atoms with Crippen LogP contribution in [0.4, 0.5) is 0 Å². The van der Waals surface area contributed by atoms with Gasteiger partial charge in [0, 0.05) is 0 Å². The fourth-order valence-electron chi connectivity index (χ4n) is 3.07. The topological polar surface area (TPSA) is 60.3 Å². The molecule has 0 aromatic heterocycles. The van der Waals surface area contributed by atoms with Gasteiger partial charge >= 0.3 is 0 Å². The molecule has 0 aliphatic heterocycles. The molecule has 3 atom stereocenters. The highest BCUT2D eigenvalue weighted by atomic mass is 16.6. The number of hydrogen-bond donors (Lipinski definition) is 1. The van der Waals surface area contributed by atoms with Crippen molar-refractivity contribution in [3.05, 3.63) is 120 Å². The van der Waals surface area contributed by atoms with Crippen LogP contribution in [0.2, 0.25) is 0 Å². The molecule has 0 saturated carbocycles. The van der Waals surface area contributed by atoms with Gasteiger partial charge in [0.05, 0.1) is 19.4 Å². The molecule has 0 radical (unpaired) electrons. The molecule has 3 aromatic carbocycles. The van der Waals surface area contributed by atoms with Gasteiger partial charge in [0.2, 0.25) is 0 Å². The second kappa shape index (κ2) is 13.2. The predicted molar refractivity (Wildman–Crippen MR) is 126 cm³/mol. The minimum Gasteiger partial charge on any atom is -0.391 e. The van der Waals surface area contributed by atoms with Crippen LogP contribution in [0.5, 0.6) is 0 Å². The summed E-state index contributed by atoms with van der Waals surface area (Å²) in [6, 6.07) is 29.3. The summed E-state index contributed by atoms with van der Waals surface area (Å²) in [7, 11) is 0. The van der Waals surface area contributed by atoms with E-state index in [1.807, 2.05) is 91.0 Å². The van der Waals surface area contributed by atoms with Crippen molar-refractivity contribution in [2.24, 2.45) is 5.16 Å². The van der Waals surface area contributed by atoms with Crippen LogP contribution in [-0.4, -0.2) is 29.6 Å². The summed E-state index contributed by atoms with van der Waals surface area (Å²) in [4.78, 5) is 5.45. The van der Waals surface area contributed by atoms with Crippen LogP contribution >= 0.6 is 0 Å². The Morgan fingerprint density at radius 1 is 0.719 bits per heavy atom. The normalized spacial score (nSPS) is 14.0. The van der Waals surface area contributed by atoms with Gasteiger partial charge in [-0.3, -0.25) is 0 Å². The molecule has 5 heteroatoms. The number of aliphatic hydroxyl groups is 1. The second-order valence-corrected chi connectivity index (χ2v) is 7.26. The fourth-order valence-corrected chi connectivity index (χ4v) is 3.07. The smallest absolute Gasteiger partial charge is 0.142 e. The van der Waals surface area contributed by atoms with E-state index in [1.54, 1.807) is 0 Å². The first kappa shape index (κ1) is 23.4. The molecular weight excluding hydrogens is 402 g/mol. The van der Waals surface area contributed by atoms with Gasteiger partial charge in [-0.05, 0) is 16.7 Å². The molecule has 0 aliphatic rings. The van der Waals surface area contributed by atoms with E-state index in [9.17, 15) is 5.11 Å². The maximum atomic E-state index is 10.6. The molecule has 0 bridgehead atoms. The molecule has 0 aliphatic carbocycles. The first-order valence-electron chi connectivity index (χ1n) is 10.6. The second-order valence-electron chi connectivity index (χ2n) is 7.26. The minimum atomic E-state index is -0.944. The van der Waals surface area contributed by atoms with Gasteiger partial charge in [0.1, 0.15) is 24.9 Å². The Balaban J connectivity index is 1.69. The van der Waals surface area contributed by atoms with E-state index in [1.165, 1.54) is 12.3 Å². The van der Waals surface area contributed by atoms with Crippen molar-refractivity contribution < 1.29 is 19.4 Å². The Hall–Kier alpha value is -3.25. The van der Waals surface area contributed by atoms with Crippen LogP contribution < -0.4 is 0 Å². The highest BCUT2D eigenvalue weighted by Gasteiger charge is 2.28. The van der Waals surface area contributed by atoms with Gasteiger partial charge in [-0.1, -0.05) is 102 Å². The maximum Gasteiger partial charge on any atom is 0.142 e. The van der Waals surface area contributed by atoms with Crippen LogP contribution in [0.3, 0.4) is 0 Å². The number of nitrogens with zero attached hydrogens (tertiary/aromatic N) is 1. The standard InChI is InChI=1S/C27H29NO4/c1-2-25(29)27(31-20-23-14-8-4-9-15-23)26(30-19-22-12-6-3-7-13-22)18-28-32-21-24-16-10-5-11-17-24/h2-18,25-27,29H,1,19-21H2/b28-18+/t25-,26+,27+/m1/s1. The number of ether oxygens (including phenoxy) is 2. The van der Waals surface area contributed by atoms with E-state index in [0.29, 0.717) is 19.8 Å². The van der Waals surface area contributed by atoms with Crippen LogP contribution in [0.15, 0.2) is 109 Å². The fraction of sp³-hybridized carbons (Fsp3) is 0.222. The van der Waals surface area contributed by atoms with Crippen molar-refractivity contribution >= 4 is 6.21 Å². The van der Waals surface area contributed by atoms with E-state index < -0.39 is 18.3 Å². The SMILES string of the molecule is C=C[C@@H](O)[C@H](OCc1ccccc1)[C@H](/C=N/OCc1ccccc1)OCc1ccccc1. The Morgan fingerprint density at radius 2 is 1.19 bits per heavy atom. The van der Waals surface area contributed by atoms with E-state index in [4.69, 9.17) is 14.3 Å². The third-order valence-electron chi connectivity index (χ3n) is 4.83. The zero-order chi connectivity index (χ0) is 22.4. The van der Waals surface area contributed by atoms with Crippen molar-refractivity contribution in [2.45, 2.75) is 38.1 Å². The Bertz CT molecular complexity index is 932. The lowest BCUT2D eigenvalue weighted by molar-refractivity contribution is -0.0957. The van der Waals surface area contributed by atoms with Crippen molar-refractivity contribution in [3.8, 4) is 0 Å². The van der Waals surface area contributed by atoms with Crippen molar-refractivity contribution in [3.63, 3.8) is 0 Å². The molecule has 166 valence electrons. The van der Waals surface area contributed by atoms with Gasteiger partial charge in [-0.2, -0.15) is 0 Å². The van der Waals surface area contributed by atoms with Gasteiger partial charge in [0.25, 0.3) is 0 Å². The van der Waals surface area contributed by atoms with E-state index in [2.05, 4.69) is 11.7 Å². The summed E-state index contributed by atoms with van der Waals surface area (Å²) in [6.45, 7) is 4.71. The van der Waals surface area contributed by atoms with Gasteiger partial charge < -0.3 is 19.4 Å². The molecule has 1 N–H and O–H groups in total. The van der Waals surface area contributed by atoms with E-state index in [-0.39, 0.29) is 0 Å². The first-order chi connectivity index (χ1) is 15.8. The average Bonchev–Trinajstić information content (AvgIpc) is 2.86. The molecule has 0 amide bonds. The quantitative estimate of drug-likeness (QED) is 0.237. The third-order valence-corrected chi connectivity index (χ3v) is 4.83. The summed E-state index contributed by atoms with van der Waals surface area (Å²) in [5, 5.41) is 14.7. The van der Waals surface area contributed by atoms with E-state index in [0.717, 1.165) is 16.7 Å².